The van der Waals surface area contributed by atoms with Crippen molar-refractivity contribution in [3.05, 3.63) is 28.3 Å². The number of aromatic amines is 1. The molecule has 2 aliphatic carbocycles. The van der Waals surface area contributed by atoms with Gasteiger partial charge in [0.05, 0.1) is 11.1 Å². The fourth-order valence-corrected chi connectivity index (χ4v) is 4.48. The first-order valence-electron chi connectivity index (χ1n) is 11.0. The zero-order valence-corrected chi connectivity index (χ0v) is 20.2. The number of nitrogens with zero attached hydrogens (tertiary/aromatic N) is 3. The number of rotatable bonds is 7. The maximum atomic E-state index is 11.5. The largest absolute Gasteiger partial charge is 0.368 e. The van der Waals surface area contributed by atoms with E-state index in [0.29, 0.717) is 44.8 Å². The number of Topliss-reactive ketones (excluding diaryl/α,β-unsaturated/α-hetero) is 1. The van der Waals surface area contributed by atoms with Gasteiger partial charge in [0, 0.05) is 25.9 Å². The lowest BCUT2D eigenvalue weighted by Crippen LogP contribution is -2.18. The Kier molecular flexibility index (Phi) is 10.9. The van der Waals surface area contributed by atoms with Crippen LogP contribution in [-0.2, 0) is 0 Å². The SMILES string of the molecule is C.CSc1ncc(C(C)=O)c(NC2CCCC2)n1.O=Cc1cnc(=S)[nH]c1NC1CCCC1.[2HH]. The molecule has 0 radical (unpaired) electrons. The highest BCUT2D eigenvalue weighted by Crippen LogP contribution is 2.25. The molecule has 0 unspecified atom stereocenters. The maximum Gasteiger partial charge on any atom is 0.198 e. The zero-order valence-electron chi connectivity index (χ0n) is 18.5. The fourth-order valence-electron chi connectivity index (χ4n) is 3.98. The Labute approximate surface area is 206 Å². The van der Waals surface area contributed by atoms with Gasteiger partial charge in [-0.25, -0.2) is 15.0 Å². The van der Waals surface area contributed by atoms with E-state index >= 15 is 0 Å². The van der Waals surface area contributed by atoms with Crippen LogP contribution in [0.5, 0.6) is 0 Å². The van der Waals surface area contributed by atoms with Crippen molar-refractivity contribution < 1.29 is 11.0 Å². The summed E-state index contributed by atoms with van der Waals surface area (Å²) in [5, 5.41) is 7.39. The summed E-state index contributed by atoms with van der Waals surface area (Å²) in [6.07, 6.45) is 15.5. The van der Waals surface area contributed by atoms with Crippen molar-refractivity contribution >= 4 is 47.7 Å². The minimum absolute atomic E-state index is 0. The Morgan fingerprint density at radius 2 is 1.73 bits per heavy atom. The molecular formula is C23H36N6O2S2. The van der Waals surface area contributed by atoms with Crippen LogP contribution in [0.3, 0.4) is 0 Å². The third kappa shape index (κ3) is 7.89. The molecule has 2 aromatic rings. The van der Waals surface area contributed by atoms with Gasteiger partial charge in [-0.3, -0.25) is 9.59 Å². The van der Waals surface area contributed by atoms with E-state index in [1.54, 1.807) is 13.1 Å². The lowest BCUT2D eigenvalue weighted by molar-refractivity contribution is 0.101. The fraction of sp³-hybridized carbons (Fsp3) is 0.565. The van der Waals surface area contributed by atoms with Gasteiger partial charge in [-0.2, -0.15) is 0 Å². The molecule has 3 N–H and O–H groups in total. The van der Waals surface area contributed by atoms with Crippen LogP contribution in [0.1, 0.15) is 87.9 Å². The molecule has 0 spiro atoms. The van der Waals surface area contributed by atoms with Crippen molar-refractivity contribution in [2.45, 2.75) is 83.0 Å². The second-order valence-corrected chi connectivity index (χ2v) is 9.22. The molecule has 0 amide bonds. The highest BCUT2D eigenvalue weighted by molar-refractivity contribution is 7.98. The minimum atomic E-state index is 0. The Morgan fingerprint density at radius 3 is 2.27 bits per heavy atom. The number of carbonyl (C=O) groups excluding carboxylic acids is 2. The van der Waals surface area contributed by atoms with Crippen LogP contribution < -0.4 is 10.6 Å². The number of hydrogen-bond donors (Lipinski definition) is 3. The number of nitrogens with one attached hydrogen (secondary N) is 3. The van der Waals surface area contributed by atoms with E-state index in [2.05, 4.69) is 30.6 Å². The number of anilines is 2. The summed E-state index contributed by atoms with van der Waals surface area (Å²) < 4.78 is 0.404. The summed E-state index contributed by atoms with van der Waals surface area (Å²) in [5.74, 6) is 1.42. The van der Waals surface area contributed by atoms with Crippen molar-refractivity contribution in [1.29, 1.82) is 0 Å². The molecule has 0 aromatic carbocycles. The Balaban J connectivity index is 0.000000323. The number of ketones is 1. The Morgan fingerprint density at radius 1 is 1.12 bits per heavy atom. The number of aromatic nitrogens is 4. The van der Waals surface area contributed by atoms with Crippen LogP contribution in [0, 0.1) is 4.77 Å². The quantitative estimate of drug-likeness (QED) is 0.142. The molecule has 10 heteroatoms. The second kappa shape index (κ2) is 13.4. The van der Waals surface area contributed by atoms with Crippen molar-refractivity contribution in [2.75, 3.05) is 16.9 Å². The molecule has 2 aromatic heterocycles. The monoisotopic (exact) mass is 493 g/mol. The lowest BCUT2D eigenvalue weighted by atomic mass is 10.2. The molecule has 0 saturated heterocycles. The molecule has 182 valence electrons. The first-order valence-corrected chi connectivity index (χ1v) is 12.6. The Hall–Kier alpha value is -2.33. The van der Waals surface area contributed by atoms with E-state index in [-0.39, 0.29) is 14.6 Å². The van der Waals surface area contributed by atoms with Gasteiger partial charge < -0.3 is 15.6 Å². The predicted octanol–water partition coefficient (Wildman–Crippen LogP) is 5.94. The summed E-state index contributed by atoms with van der Waals surface area (Å²) in [6.45, 7) is 1.55. The Bertz CT molecular complexity index is 992. The number of hydrogen-bond acceptors (Lipinski definition) is 9. The van der Waals surface area contributed by atoms with E-state index in [4.69, 9.17) is 12.2 Å². The molecule has 0 aliphatic heterocycles. The first-order chi connectivity index (χ1) is 15.5. The van der Waals surface area contributed by atoms with E-state index < -0.39 is 0 Å². The van der Waals surface area contributed by atoms with Crippen molar-refractivity contribution in [3.8, 4) is 0 Å². The van der Waals surface area contributed by atoms with Crippen LogP contribution in [0.2, 0.25) is 0 Å². The standard InChI is InChI=1S/C12H17N3OS.C10H13N3OS.CH4.H2/c1-8(16)10-7-13-12(17-2)15-11(10)14-9-5-3-4-6-9;14-6-7-5-11-10(15)13-9(7)12-8-3-1-2-4-8;;/h7,9H,3-6H2,1-2H3,(H,13,14,15);5-6,8H,1-4H2,(H2,11,12,13,15);1H4;1H/i;;;1+1. The smallest absolute Gasteiger partial charge is 0.198 e. The highest BCUT2D eigenvalue weighted by Gasteiger charge is 2.19. The van der Waals surface area contributed by atoms with E-state index in [0.717, 1.165) is 32.0 Å². The number of H-pyrrole nitrogens is 1. The van der Waals surface area contributed by atoms with Crippen LogP contribution >= 0.6 is 24.0 Å². The van der Waals surface area contributed by atoms with Crippen molar-refractivity contribution in [1.82, 2.24) is 19.9 Å². The molecule has 33 heavy (non-hydrogen) atoms. The van der Waals surface area contributed by atoms with Crippen LogP contribution in [0.15, 0.2) is 17.6 Å². The van der Waals surface area contributed by atoms with Gasteiger partial charge in [-0.05, 0) is 51.1 Å². The summed E-state index contributed by atoms with van der Waals surface area (Å²) >= 11 is 6.41. The third-order valence-electron chi connectivity index (χ3n) is 5.70. The van der Waals surface area contributed by atoms with E-state index in [1.807, 2.05) is 6.26 Å². The number of carbonyl (C=O) groups is 2. The molecule has 2 aliphatic rings. The average molecular weight is 494 g/mol. The van der Waals surface area contributed by atoms with Crippen LogP contribution in [0.25, 0.3) is 0 Å². The molecule has 0 bridgehead atoms. The number of thioether (sulfide) groups is 1. The van der Waals surface area contributed by atoms with Crippen LogP contribution in [0.4, 0.5) is 11.6 Å². The summed E-state index contributed by atoms with van der Waals surface area (Å²) in [5.41, 5.74) is 1.13. The summed E-state index contributed by atoms with van der Waals surface area (Å²) in [7, 11) is 0. The van der Waals surface area contributed by atoms with Gasteiger partial charge in [-0.15, -0.1) is 0 Å². The topological polar surface area (TPSA) is 113 Å². The summed E-state index contributed by atoms with van der Waals surface area (Å²) in [6, 6.07) is 0.912. The molecule has 0 atom stereocenters. The highest BCUT2D eigenvalue weighted by atomic mass is 32.2. The van der Waals surface area contributed by atoms with Gasteiger partial charge in [0.2, 0.25) is 0 Å². The average Bonchev–Trinajstić information content (AvgIpc) is 3.48. The number of aldehydes is 1. The van der Waals surface area contributed by atoms with Gasteiger partial charge >= 0.3 is 0 Å². The normalized spacial score (nSPS) is 15.8. The second-order valence-electron chi connectivity index (χ2n) is 8.06. The third-order valence-corrected chi connectivity index (χ3v) is 6.47. The van der Waals surface area contributed by atoms with E-state index in [1.165, 1.54) is 43.6 Å². The zero-order chi connectivity index (χ0) is 22.9. The van der Waals surface area contributed by atoms with Gasteiger partial charge in [0.15, 0.2) is 22.0 Å². The molecule has 2 heterocycles. The first kappa shape index (κ1) is 26.9. The molecule has 8 nitrogen and oxygen atoms in total. The maximum absolute atomic E-state index is 11.5. The molecule has 4 rings (SSSR count). The minimum Gasteiger partial charge on any atom is -0.368 e. The van der Waals surface area contributed by atoms with Crippen molar-refractivity contribution in [3.63, 3.8) is 0 Å². The van der Waals surface area contributed by atoms with Gasteiger partial charge in [0.25, 0.3) is 0 Å². The van der Waals surface area contributed by atoms with E-state index in [9.17, 15) is 9.59 Å². The molecule has 2 saturated carbocycles. The lowest BCUT2D eigenvalue weighted by Gasteiger charge is -2.15. The van der Waals surface area contributed by atoms with Gasteiger partial charge in [0.1, 0.15) is 11.6 Å². The molecular weight excluding hydrogens is 456 g/mol. The summed E-state index contributed by atoms with van der Waals surface area (Å²) in [4.78, 5) is 37.6. The molecule has 2 fully saturated rings. The predicted molar refractivity (Wildman–Crippen MR) is 139 cm³/mol. The van der Waals surface area contributed by atoms with Crippen molar-refractivity contribution in [2.24, 2.45) is 0 Å². The van der Waals surface area contributed by atoms with Gasteiger partial charge in [-0.1, -0.05) is 44.9 Å². The van der Waals surface area contributed by atoms with Crippen LogP contribution in [-0.4, -0.2) is 50.3 Å².